The Labute approximate surface area is 373 Å². The van der Waals surface area contributed by atoms with E-state index in [1.54, 1.807) is 36.5 Å². The highest BCUT2D eigenvalue weighted by Crippen LogP contribution is 2.43. The number of hydrogen-bond donors (Lipinski definition) is 4. The molecular formula is C49H80NO11P. The Morgan fingerprint density at radius 2 is 1.26 bits per heavy atom. The maximum absolute atomic E-state index is 12.6. The predicted octanol–water partition coefficient (Wildman–Crippen LogP) is 10.6. The van der Waals surface area contributed by atoms with E-state index in [0.717, 1.165) is 62.9 Å². The summed E-state index contributed by atoms with van der Waals surface area (Å²) in [5, 5.41) is 20.0. The molecule has 0 radical (unpaired) electrons. The molecule has 12 nitrogen and oxygen atoms in total. The van der Waals surface area contributed by atoms with E-state index in [9.17, 15) is 29.3 Å². The van der Waals surface area contributed by atoms with Crippen molar-refractivity contribution >= 4 is 19.8 Å². The summed E-state index contributed by atoms with van der Waals surface area (Å²) in [6.07, 6.45) is 36.9. The predicted molar refractivity (Wildman–Crippen MR) is 249 cm³/mol. The first kappa shape index (κ1) is 56.7. The molecule has 1 aromatic heterocycles. The fourth-order valence-electron chi connectivity index (χ4n) is 6.25. The summed E-state index contributed by atoms with van der Waals surface area (Å²) in [6, 6.07) is 0. The third kappa shape index (κ3) is 30.7. The molecule has 0 fully saturated rings. The number of phosphoric acid groups is 1. The minimum absolute atomic E-state index is 0.0141. The Bertz CT molecular complexity index is 1560. The molecule has 0 aromatic carbocycles. The number of esters is 2. The van der Waals surface area contributed by atoms with Gasteiger partial charge in [-0.25, -0.2) is 4.57 Å². The van der Waals surface area contributed by atoms with Crippen LogP contribution in [0.5, 0.6) is 0 Å². The van der Waals surface area contributed by atoms with Gasteiger partial charge >= 0.3 is 19.8 Å². The van der Waals surface area contributed by atoms with Crippen LogP contribution in [0.2, 0.25) is 0 Å². The van der Waals surface area contributed by atoms with E-state index >= 15 is 0 Å². The zero-order chi connectivity index (χ0) is 45.7. The Hall–Kier alpha value is -3.35. The van der Waals surface area contributed by atoms with Gasteiger partial charge in [0.05, 0.1) is 25.4 Å². The first-order valence-electron chi connectivity index (χ1n) is 23.0. The van der Waals surface area contributed by atoms with Gasteiger partial charge in [0.1, 0.15) is 18.1 Å². The highest BCUT2D eigenvalue weighted by molar-refractivity contribution is 7.47. The molecule has 0 saturated carbocycles. The minimum atomic E-state index is -4.44. The lowest BCUT2D eigenvalue weighted by atomic mass is 10.0. The van der Waals surface area contributed by atoms with Crippen molar-refractivity contribution in [2.45, 2.75) is 174 Å². The summed E-state index contributed by atoms with van der Waals surface area (Å²) in [5.41, 5.74) is 7.98. The van der Waals surface area contributed by atoms with Crippen molar-refractivity contribution in [2.75, 3.05) is 26.4 Å². The maximum atomic E-state index is 12.6. The number of unbranched alkanes of at least 4 members (excludes halogenated alkanes) is 9. The van der Waals surface area contributed by atoms with Crippen LogP contribution in [0.25, 0.3) is 0 Å². The average Bonchev–Trinajstić information content (AvgIpc) is 3.51. The minimum Gasteiger partial charge on any atom is -0.466 e. The standard InChI is InChI=1S/C49H80NO11P/c1-5-7-21-29-43(51)31-24-19-20-25-32-44(52)30-23-15-13-14-18-28-36-49(54)60-45(40-59-62(55,56)58-38-37-50)39-57-48(53)35-27-17-12-10-9-11-16-26-34-47-42(4)41(3)46(61-47)33-22-8-6-2/h7,14-15,18-21,23-25,31-32,43-45,51-52H,5-6,8-13,16-17,22,26-30,33-40,50H2,1-4H3,(H,55,56)/b18-14-,20-19-,21-7-,23-15-,31-24+,32-25+/t43-,44+,45+/m0/s1. The molecule has 4 atom stereocenters. The van der Waals surface area contributed by atoms with Crippen LogP contribution in [-0.2, 0) is 45.5 Å². The van der Waals surface area contributed by atoms with Crippen molar-refractivity contribution in [1.29, 1.82) is 0 Å². The molecule has 1 rings (SSSR count). The first-order chi connectivity index (χ1) is 29.9. The lowest BCUT2D eigenvalue weighted by molar-refractivity contribution is -0.161. The number of carbonyl (C=O) groups is 2. The number of carbonyl (C=O) groups excluding carboxylic acids is 2. The van der Waals surface area contributed by atoms with Crippen LogP contribution in [-0.4, -0.2) is 71.7 Å². The van der Waals surface area contributed by atoms with E-state index in [1.165, 1.54) is 43.2 Å². The van der Waals surface area contributed by atoms with Crippen LogP contribution in [0.1, 0.15) is 152 Å². The van der Waals surface area contributed by atoms with E-state index in [-0.39, 0.29) is 32.6 Å². The SMILES string of the molecule is CC/C=C\C[C@H](O)/C=C/C=C\C=C\[C@H](O)C/C=C\C/C=C\CCC(=O)O[C@H](COC(=O)CCCCCCCCCCc1oc(CCCCC)c(C)c1C)COP(=O)(O)OCCN. The molecule has 0 bridgehead atoms. The van der Waals surface area contributed by atoms with Gasteiger partial charge in [-0.1, -0.05) is 138 Å². The normalized spacial score (nSPS) is 14.9. The van der Waals surface area contributed by atoms with Crippen LogP contribution >= 0.6 is 7.82 Å². The number of rotatable bonds is 38. The second-order valence-electron chi connectivity index (χ2n) is 15.5. The van der Waals surface area contributed by atoms with Crippen molar-refractivity contribution in [2.24, 2.45) is 5.73 Å². The summed E-state index contributed by atoms with van der Waals surface area (Å²) in [5.74, 6) is 1.29. The van der Waals surface area contributed by atoms with E-state index in [0.29, 0.717) is 32.1 Å². The van der Waals surface area contributed by atoms with Gasteiger partial charge in [-0.15, -0.1) is 0 Å². The van der Waals surface area contributed by atoms with Crippen LogP contribution in [0.3, 0.4) is 0 Å². The molecule has 13 heteroatoms. The van der Waals surface area contributed by atoms with Gasteiger partial charge in [-0.3, -0.25) is 18.6 Å². The third-order valence-electron chi connectivity index (χ3n) is 9.99. The van der Waals surface area contributed by atoms with Crippen molar-refractivity contribution in [3.05, 3.63) is 95.6 Å². The van der Waals surface area contributed by atoms with Crippen molar-refractivity contribution < 1.29 is 52.2 Å². The van der Waals surface area contributed by atoms with Crippen LogP contribution < -0.4 is 5.73 Å². The highest BCUT2D eigenvalue weighted by atomic mass is 31.2. The number of ether oxygens (including phenoxy) is 2. The average molecular weight is 890 g/mol. The Morgan fingerprint density at radius 1 is 0.694 bits per heavy atom. The first-order valence-corrected chi connectivity index (χ1v) is 24.5. The van der Waals surface area contributed by atoms with Gasteiger partial charge in [-0.2, -0.15) is 0 Å². The summed E-state index contributed by atoms with van der Waals surface area (Å²) >= 11 is 0. The van der Waals surface area contributed by atoms with Crippen LogP contribution in [0, 0.1) is 13.8 Å². The van der Waals surface area contributed by atoms with Gasteiger partial charge in [0.25, 0.3) is 0 Å². The van der Waals surface area contributed by atoms with E-state index < -0.39 is 44.7 Å². The van der Waals surface area contributed by atoms with Gasteiger partial charge in [0, 0.05) is 32.2 Å². The number of aliphatic hydroxyl groups excluding tert-OH is 2. The summed E-state index contributed by atoms with van der Waals surface area (Å²) in [4.78, 5) is 35.0. The molecule has 0 aliphatic rings. The van der Waals surface area contributed by atoms with Gasteiger partial charge in [0.15, 0.2) is 6.10 Å². The van der Waals surface area contributed by atoms with Gasteiger partial charge < -0.3 is 34.7 Å². The Kier molecular flexibility index (Phi) is 33.9. The molecule has 1 heterocycles. The number of furan rings is 1. The monoisotopic (exact) mass is 890 g/mol. The van der Waals surface area contributed by atoms with Gasteiger partial charge in [-0.05, 0) is 76.3 Å². The number of allylic oxidation sites excluding steroid dienone is 8. The van der Waals surface area contributed by atoms with E-state index in [4.69, 9.17) is 28.7 Å². The van der Waals surface area contributed by atoms with E-state index in [2.05, 4.69) is 20.8 Å². The Balaban J connectivity index is 2.35. The van der Waals surface area contributed by atoms with Crippen molar-refractivity contribution in [3.63, 3.8) is 0 Å². The largest absolute Gasteiger partial charge is 0.472 e. The summed E-state index contributed by atoms with van der Waals surface area (Å²) < 4.78 is 38.9. The summed E-state index contributed by atoms with van der Waals surface area (Å²) in [7, 11) is -4.44. The summed E-state index contributed by atoms with van der Waals surface area (Å²) in [6.45, 7) is 7.60. The fourth-order valence-corrected chi connectivity index (χ4v) is 7.01. The molecule has 0 aliphatic carbocycles. The van der Waals surface area contributed by atoms with E-state index in [1.807, 2.05) is 43.4 Å². The maximum Gasteiger partial charge on any atom is 0.472 e. The van der Waals surface area contributed by atoms with Crippen molar-refractivity contribution in [3.8, 4) is 0 Å². The number of aryl methyl sites for hydroxylation is 2. The molecule has 62 heavy (non-hydrogen) atoms. The van der Waals surface area contributed by atoms with Crippen molar-refractivity contribution in [1.82, 2.24) is 0 Å². The molecular weight excluding hydrogens is 810 g/mol. The number of nitrogens with two attached hydrogens (primary N) is 1. The molecule has 0 aliphatic heterocycles. The zero-order valence-electron chi connectivity index (χ0n) is 38.3. The lowest BCUT2D eigenvalue weighted by Crippen LogP contribution is -2.29. The van der Waals surface area contributed by atoms with Gasteiger partial charge in [0.2, 0.25) is 0 Å². The second-order valence-corrected chi connectivity index (χ2v) is 17.0. The second kappa shape index (κ2) is 37.1. The molecule has 5 N–H and O–H groups in total. The number of aliphatic hydroxyl groups is 2. The third-order valence-corrected chi connectivity index (χ3v) is 11.0. The molecule has 0 amide bonds. The molecule has 1 unspecified atom stereocenters. The fraction of sp³-hybridized carbons (Fsp3) is 0.633. The van der Waals surface area contributed by atoms with Crippen LogP contribution in [0.4, 0.5) is 0 Å². The molecule has 0 saturated heterocycles. The molecule has 1 aromatic rings. The topological polar surface area (TPSA) is 188 Å². The number of phosphoric ester groups is 1. The number of hydrogen-bond acceptors (Lipinski definition) is 11. The highest BCUT2D eigenvalue weighted by Gasteiger charge is 2.26. The lowest BCUT2D eigenvalue weighted by Gasteiger charge is -2.19. The quantitative estimate of drug-likeness (QED) is 0.0162. The Morgan fingerprint density at radius 3 is 1.85 bits per heavy atom. The molecule has 352 valence electrons. The smallest absolute Gasteiger partial charge is 0.466 e. The molecule has 0 spiro atoms. The zero-order valence-corrected chi connectivity index (χ0v) is 39.2. The van der Waals surface area contributed by atoms with Crippen LogP contribution in [0.15, 0.2) is 77.3 Å².